The largest absolute Gasteiger partial charge is 0.494 e. The molecule has 0 aliphatic rings. The van der Waals surface area contributed by atoms with Crippen molar-refractivity contribution in [3.05, 3.63) is 58.9 Å². The summed E-state index contributed by atoms with van der Waals surface area (Å²) in [6, 6.07) is 9.42. The Kier molecular flexibility index (Phi) is 4.74. The van der Waals surface area contributed by atoms with Crippen LogP contribution >= 0.6 is 11.6 Å². The monoisotopic (exact) mass is 277 g/mol. The van der Waals surface area contributed by atoms with E-state index < -0.39 is 0 Å². The zero-order chi connectivity index (χ0) is 13.7. The fourth-order valence-electron chi connectivity index (χ4n) is 1.94. The van der Waals surface area contributed by atoms with Crippen LogP contribution in [0.25, 0.3) is 0 Å². The third kappa shape index (κ3) is 3.23. The molecule has 5 heteroatoms. The Hall–Kier alpha value is -1.62. The highest BCUT2D eigenvalue weighted by Gasteiger charge is 2.16. The Balaban J connectivity index is 2.37. The minimum Gasteiger partial charge on any atom is -0.494 e. The standard InChI is InChI=1S/C14H16ClN3O/c1-2-19-11-5-3-4-10(8-11)14(18-16)12-6-7-17-9-13(12)15/h3-9,14,18H,2,16H2,1H3. The van der Waals surface area contributed by atoms with Gasteiger partial charge in [0.15, 0.2) is 0 Å². The van der Waals surface area contributed by atoms with E-state index in [9.17, 15) is 0 Å². The first-order chi connectivity index (χ1) is 9.26. The predicted octanol–water partition coefficient (Wildman–Crippen LogP) is 2.69. The highest BCUT2D eigenvalue weighted by Crippen LogP contribution is 2.28. The average Bonchev–Trinajstić information content (AvgIpc) is 2.43. The van der Waals surface area contributed by atoms with Crippen molar-refractivity contribution in [2.75, 3.05) is 6.61 Å². The molecule has 1 aromatic heterocycles. The van der Waals surface area contributed by atoms with E-state index in [-0.39, 0.29) is 6.04 Å². The van der Waals surface area contributed by atoms with Crippen LogP contribution in [0.3, 0.4) is 0 Å². The fraction of sp³-hybridized carbons (Fsp3) is 0.214. The lowest BCUT2D eigenvalue weighted by Gasteiger charge is -2.18. The van der Waals surface area contributed by atoms with Crippen LogP contribution in [0.2, 0.25) is 5.02 Å². The lowest BCUT2D eigenvalue weighted by atomic mass is 10.00. The molecule has 3 N–H and O–H groups in total. The van der Waals surface area contributed by atoms with Gasteiger partial charge in [-0.3, -0.25) is 10.8 Å². The first kappa shape index (κ1) is 13.8. The van der Waals surface area contributed by atoms with Gasteiger partial charge in [0.2, 0.25) is 0 Å². The molecule has 2 aromatic rings. The van der Waals surface area contributed by atoms with E-state index in [1.165, 1.54) is 0 Å². The molecule has 19 heavy (non-hydrogen) atoms. The maximum absolute atomic E-state index is 6.16. The molecule has 0 amide bonds. The number of halogens is 1. The fourth-order valence-corrected chi connectivity index (χ4v) is 2.16. The predicted molar refractivity (Wildman–Crippen MR) is 76.0 cm³/mol. The molecule has 0 fully saturated rings. The van der Waals surface area contributed by atoms with E-state index in [0.29, 0.717) is 11.6 Å². The molecule has 0 radical (unpaired) electrons. The molecule has 0 spiro atoms. The highest BCUT2D eigenvalue weighted by atomic mass is 35.5. The third-order valence-corrected chi connectivity index (χ3v) is 3.10. The van der Waals surface area contributed by atoms with Crippen LogP contribution in [0.4, 0.5) is 0 Å². The van der Waals surface area contributed by atoms with Gasteiger partial charge in [0.25, 0.3) is 0 Å². The molecule has 2 rings (SSSR count). The van der Waals surface area contributed by atoms with Crippen molar-refractivity contribution >= 4 is 11.6 Å². The summed E-state index contributed by atoms with van der Waals surface area (Å²) in [4.78, 5) is 3.98. The number of hydrogen-bond acceptors (Lipinski definition) is 4. The van der Waals surface area contributed by atoms with Gasteiger partial charge in [0, 0.05) is 12.4 Å². The lowest BCUT2D eigenvalue weighted by molar-refractivity contribution is 0.339. The van der Waals surface area contributed by atoms with E-state index >= 15 is 0 Å². The van der Waals surface area contributed by atoms with Crippen molar-refractivity contribution in [2.45, 2.75) is 13.0 Å². The quantitative estimate of drug-likeness (QED) is 0.652. The van der Waals surface area contributed by atoms with Gasteiger partial charge in [-0.2, -0.15) is 0 Å². The zero-order valence-corrected chi connectivity index (χ0v) is 11.4. The van der Waals surface area contributed by atoms with Gasteiger partial charge in [-0.05, 0) is 36.2 Å². The number of nitrogens with one attached hydrogen (secondary N) is 1. The van der Waals surface area contributed by atoms with Gasteiger partial charge in [-0.25, -0.2) is 5.43 Å². The second kappa shape index (κ2) is 6.52. The molecular formula is C14H16ClN3O. The van der Waals surface area contributed by atoms with E-state index in [4.69, 9.17) is 22.2 Å². The van der Waals surface area contributed by atoms with Crippen molar-refractivity contribution in [1.82, 2.24) is 10.4 Å². The molecule has 1 heterocycles. The molecule has 0 saturated heterocycles. The van der Waals surface area contributed by atoms with Crippen molar-refractivity contribution in [1.29, 1.82) is 0 Å². The highest BCUT2D eigenvalue weighted by molar-refractivity contribution is 6.31. The number of hydrazine groups is 1. The minimum absolute atomic E-state index is 0.198. The maximum Gasteiger partial charge on any atom is 0.119 e. The van der Waals surface area contributed by atoms with E-state index in [2.05, 4.69) is 10.4 Å². The first-order valence-electron chi connectivity index (χ1n) is 6.04. The molecule has 100 valence electrons. The molecule has 1 aromatic carbocycles. The summed E-state index contributed by atoms with van der Waals surface area (Å²) in [7, 11) is 0. The molecule has 0 aliphatic heterocycles. The Labute approximate surface area is 117 Å². The van der Waals surface area contributed by atoms with E-state index in [0.717, 1.165) is 16.9 Å². The summed E-state index contributed by atoms with van der Waals surface area (Å²) in [5.74, 6) is 6.47. The number of benzene rings is 1. The summed E-state index contributed by atoms with van der Waals surface area (Å²) < 4.78 is 5.49. The van der Waals surface area contributed by atoms with Crippen molar-refractivity contribution in [3.63, 3.8) is 0 Å². The number of nitrogens with zero attached hydrogens (tertiary/aromatic N) is 1. The SMILES string of the molecule is CCOc1cccc(C(NN)c2ccncc2Cl)c1. The van der Waals surface area contributed by atoms with E-state index in [1.807, 2.05) is 37.3 Å². The summed E-state index contributed by atoms with van der Waals surface area (Å²) >= 11 is 6.16. The first-order valence-corrected chi connectivity index (χ1v) is 6.42. The Morgan fingerprint density at radius 1 is 1.42 bits per heavy atom. The van der Waals surface area contributed by atoms with Crippen LogP contribution in [0.1, 0.15) is 24.1 Å². The maximum atomic E-state index is 6.16. The number of pyridine rings is 1. The zero-order valence-electron chi connectivity index (χ0n) is 10.6. The topological polar surface area (TPSA) is 60.2 Å². The molecule has 0 aliphatic carbocycles. The molecule has 0 bridgehead atoms. The van der Waals surface area contributed by atoms with Crippen LogP contribution in [0.15, 0.2) is 42.7 Å². The van der Waals surface area contributed by atoms with Gasteiger partial charge in [-0.15, -0.1) is 0 Å². The number of aromatic nitrogens is 1. The summed E-state index contributed by atoms with van der Waals surface area (Å²) in [6.45, 7) is 2.57. The summed E-state index contributed by atoms with van der Waals surface area (Å²) in [5, 5.41) is 0.576. The van der Waals surface area contributed by atoms with Crippen LogP contribution in [0, 0.1) is 0 Å². The molecular weight excluding hydrogens is 262 g/mol. The molecule has 1 unspecified atom stereocenters. The van der Waals surface area contributed by atoms with Crippen LogP contribution in [0.5, 0.6) is 5.75 Å². The van der Waals surface area contributed by atoms with Crippen molar-refractivity contribution < 1.29 is 4.74 Å². The number of rotatable bonds is 5. The number of ether oxygens (including phenoxy) is 1. The van der Waals surface area contributed by atoms with Gasteiger partial charge in [0.1, 0.15) is 5.75 Å². The average molecular weight is 278 g/mol. The van der Waals surface area contributed by atoms with Crippen LogP contribution in [-0.2, 0) is 0 Å². The van der Waals surface area contributed by atoms with Crippen molar-refractivity contribution in [2.24, 2.45) is 5.84 Å². The Morgan fingerprint density at radius 2 is 2.26 bits per heavy atom. The molecule has 4 nitrogen and oxygen atoms in total. The smallest absolute Gasteiger partial charge is 0.119 e. The van der Waals surface area contributed by atoms with Crippen molar-refractivity contribution in [3.8, 4) is 5.75 Å². The van der Waals surface area contributed by atoms with Crippen LogP contribution in [-0.4, -0.2) is 11.6 Å². The Bertz CT molecular complexity index is 548. The second-order valence-electron chi connectivity index (χ2n) is 4.00. The normalized spacial score (nSPS) is 12.2. The lowest BCUT2D eigenvalue weighted by Crippen LogP contribution is -2.29. The number of nitrogens with two attached hydrogens (primary N) is 1. The van der Waals surface area contributed by atoms with Crippen LogP contribution < -0.4 is 16.0 Å². The van der Waals surface area contributed by atoms with E-state index in [1.54, 1.807) is 12.4 Å². The molecule has 1 atom stereocenters. The van der Waals surface area contributed by atoms with Gasteiger partial charge < -0.3 is 4.74 Å². The Morgan fingerprint density at radius 3 is 2.95 bits per heavy atom. The second-order valence-corrected chi connectivity index (χ2v) is 4.41. The number of hydrogen-bond donors (Lipinski definition) is 2. The minimum atomic E-state index is -0.198. The molecule has 0 saturated carbocycles. The van der Waals surface area contributed by atoms with Gasteiger partial charge in [0.05, 0.1) is 17.7 Å². The summed E-state index contributed by atoms with van der Waals surface area (Å²) in [5.41, 5.74) is 4.65. The van der Waals surface area contributed by atoms with Gasteiger partial charge in [-0.1, -0.05) is 23.7 Å². The van der Waals surface area contributed by atoms with Gasteiger partial charge >= 0.3 is 0 Å². The summed E-state index contributed by atoms with van der Waals surface area (Å²) in [6.07, 6.45) is 3.30. The third-order valence-electron chi connectivity index (χ3n) is 2.78.